The van der Waals surface area contributed by atoms with Crippen LogP contribution in [0.3, 0.4) is 0 Å². The zero-order chi connectivity index (χ0) is 12.9. The first-order chi connectivity index (χ1) is 7.91. The van der Waals surface area contributed by atoms with Crippen LogP contribution in [0, 0.1) is 0 Å². The first-order valence-corrected chi connectivity index (χ1v) is 5.05. The lowest BCUT2D eigenvalue weighted by Gasteiger charge is -2.12. The molecular weight excluding hydrogens is 233 g/mol. The summed E-state index contributed by atoms with van der Waals surface area (Å²) in [5.41, 5.74) is 4.41. The number of nitrogens with one attached hydrogen (secondary N) is 1. The molecule has 0 bridgehead atoms. The molecule has 17 heavy (non-hydrogen) atoms. The van der Waals surface area contributed by atoms with Gasteiger partial charge in [0.25, 0.3) is 0 Å². The summed E-state index contributed by atoms with van der Waals surface area (Å²) in [5.74, 6) is -0.485. The lowest BCUT2D eigenvalue weighted by molar-refractivity contribution is -0.138. The number of hydrogen-bond acceptors (Lipinski definition) is 2. The number of rotatable bonds is 5. The minimum absolute atomic E-state index is 0.0585. The van der Waals surface area contributed by atoms with Gasteiger partial charge in [-0.3, -0.25) is 4.79 Å². The average molecular weight is 246 g/mol. The maximum atomic E-state index is 12.6. The van der Waals surface area contributed by atoms with Gasteiger partial charge in [0.2, 0.25) is 5.91 Å². The molecule has 0 fully saturated rings. The zero-order valence-corrected chi connectivity index (χ0v) is 9.05. The number of alkyl halides is 3. The molecule has 0 spiro atoms. The van der Waals surface area contributed by atoms with E-state index in [1.807, 2.05) is 0 Å². The van der Waals surface area contributed by atoms with Crippen molar-refractivity contribution in [2.75, 3.05) is 6.54 Å². The number of hydrogen-bond donors (Lipinski definition) is 2. The molecule has 0 aromatic heterocycles. The molecule has 6 heteroatoms. The minimum Gasteiger partial charge on any atom is -0.370 e. The summed E-state index contributed by atoms with van der Waals surface area (Å²) in [6, 6.07) is 5.32. The van der Waals surface area contributed by atoms with E-state index in [1.54, 1.807) is 6.07 Å². The topological polar surface area (TPSA) is 55.1 Å². The number of carbonyl (C=O) groups excluding carboxylic acids is 1. The Labute approximate surface area is 96.8 Å². The molecule has 1 rings (SSSR count). The predicted molar refractivity (Wildman–Crippen MR) is 57.0 cm³/mol. The van der Waals surface area contributed by atoms with Crippen LogP contribution < -0.4 is 11.1 Å². The fourth-order valence-electron chi connectivity index (χ4n) is 1.39. The van der Waals surface area contributed by atoms with Crippen LogP contribution in [0.5, 0.6) is 0 Å². The highest BCUT2D eigenvalue weighted by Gasteiger charge is 2.32. The molecule has 0 saturated heterocycles. The number of amides is 1. The largest absolute Gasteiger partial charge is 0.416 e. The van der Waals surface area contributed by atoms with Crippen LogP contribution >= 0.6 is 0 Å². The number of carbonyl (C=O) groups is 1. The molecule has 1 amide bonds. The van der Waals surface area contributed by atoms with Crippen molar-refractivity contribution in [3.8, 4) is 0 Å². The standard InChI is InChI=1S/C11H13F3N2O/c12-11(13,14)9-4-2-1-3-8(9)7-16-6-5-10(15)17/h1-4,16H,5-7H2,(H2,15,17). The summed E-state index contributed by atoms with van der Waals surface area (Å²) in [5, 5.41) is 2.74. The number of benzene rings is 1. The van der Waals surface area contributed by atoms with Crippen molar-refractivity contribution in [2.24, 2.45) is 5.73 Å². The summed E-state index contributed by atoms with van der Waals surface area (Å²) in [6.07, 6.45) is -4.25. The molecule has 0 atom stereocenters. The summed E-state index contributed by atoms with van der Waals surface area (Å²) >= 11 is 0. The Morgan fingerprint density at radius 2 is 1.94 bits per heavy atom. The first kappa shape index (κ1) is 13.5. The highest BCUT2D eigenvalue weighted by atomic mass is 19.4. The van der Waals surface area contributed by atoms with Crippen molar-refractivity contribution in [3.63, 3.8) is 0 Å². The third kappa shape index (κ3) is 4.44. The van der Waals surface area contributed by atoms with E-state index in [0.717, 1.165) is 6.07 Å². The highest BCUT2D eigenvalue weighted by molar-refractivity contribution is 5.73. The van der Waals surface area contributed by atoms with E-state index in [4.69, 9.17) is 5.73 Å². The second kappa shape index (κ2) is 5.67. The number of halogens is 3. The van der Waals surface area contributed by atoms with Crippen molar-refractivity contribution in [1.29, 1.82) is 0 Å². The third-order valence-electron chi connectivity index (χ3n) is 2.19. The van der Waals surface area contributed by atoms with E-state index in [-0.39, 0.29) is 25.1 Å². The van der Waals surface area contributed by atoms with Crippen LogP contribution in [0.2, 0.25) is 0 Å². The highest BCUT2D eigenvalue weighted by Crippen LogP contribution is 2.31. The lowest BCUT2D eigenvalue weighted by Crippen LogP contribution is -2.23. The van der Waals surface area contributed by atoms with Gasteiger partial charge < -0.3 is 11.1 Å². The Bertz CT molecular complexity index is 391. The molecule has 0 radical (unpaired) electrons. The number of nitrogens with two attached hydrogens (primary N) is 1. The monoisotopic (exact) mass is 246 g/mol. The first-order valence-electron chi connectivity index (χ1n) is 5.05. The van der Waals surface area contributed by atoms with E-state index in [2.05, 4.69) is 5.32 Å². The minimum atomic E-state index is -4.36. The van der Waals surface area contributed by atoms with Crippen LogP contribution in [0.4, 0.5) is 13.2 Å². The SMILES string of the molecule is NC(=O)CCNCc1ccccc1C(F)(F)F. The molecule has 0 unspecified atom stereocenters. The van der Waals surface area contributed by atoms with Crippen molar-refractivity contribution >= 4 is 5.91 Å². The number of primary amides is 1. The fourth-order valence-corrected chi connectivity index (χ4v) is 1.39. The third-order valence-corrected chi connectivity index (χ3v) is 2.19. The predicted octanol–water partition coefficient (Wildman–Crippen LogP) is 1.67. The van der Waals surface area contributed by atoms with Crippen LogP contribution in [0.1, 0.15) is 17.5 Å². The summed E-state index contributed by atoms with van der Waals surface area (Å²) < 4.78 is 37.8. The van der Waals surface area contributed by atoms with Gasteiger partial charge >= 0.3 is 6.18 Å². The van der Waals surface area contributed by atoms with E-state index >= 15 is 0 Å². The summed E-state index contributed by atoms with van der Waals surface area (Å²) in [7, 11) is 0. The molecular formula is C11H13F3N2O. The zero-order valence-electron chi connectivity index (χ0n) is 9.05. The van der Waals surface area contributed by atoms with E-state index in [0.29, 0.717) is 0 Å². The summed E-state index contributed by atoms with van der Waals surface area (Å²) in [6.45, 7) is 0.324. The fraction of sp³-hybridized carbons (Fsp3) is 0.364. The van der Waals surface area contributed by atoms with Crippen LogP contribution in [-0.4, -0.2) is 12.5 Å². The molecule has 94 valence electrons. The Morgan fingerprint density at radius 3 is 2.53 bits per heavy atom. The Balaban J connectivity index is 2.62. The Morgan fingerprint density at radius 1 is 1.29 bits per heavy atom. The quantitative estimate of drug-likeness (QED) is 0.776. The van der Waals surface area contributed by atoms with Crippen molar-refractivity contribution in [1.82, 2.24) is 5.32 Å². The van der Waals surface area contributed by atoms with Crippen LogP contribution in [-0.2, 0) is 17.5 Å². The van der Waals surface area contributed by atoms with E-state index in [1.165, 1.54) is 12.1 Å². The van der Waals surface area contributed by atoms with Gasteiger partial charge in [0.1, 0.15) is 0 Å². The Hall–Kier alpha value is -1.56. The molecule has 0 saturated carbocycles. The van der Waals surface area contributed by atoms with Crippen molar-refractivity contribution in [2.45, 2.75) is 19.1 Å². The van der Waals surface area contributed by atoms with E-state index in [9.17, 15) is 18.0 Å². The average Bonchev–Trinajstić information content (AvgIpc) is 2.23. The maximum Gasteiger partial charge on any atom is 0.416 e. The second-order valence-corrected chi connectivity index (χ2v) is 3.55. The molecule has 0 aliphatic rings. The van der Waals surface area contributed by atoms with Crippen LogP contribution in [0.15, 0.2) is 24.3 Å². The molecule has 1 aromatic rings. The smallest absolute Gasteiger partial charge is 0.370 e. The van der Waals surface area contributed by atoms with Gasteiger partial charge in [-0.15, -0.1) is 0 Å². The molecule has 0 aliphatic carbocycles. The van der Waals surface area contributed by atoms with Gasteiger partial charge in [0.15, 0.2) is 0 Å². The van der Waals surface area contributed by atoms with Gasteiger partial charge in [-0.2, -0.15) is 13.2 Å². The van der Waals surface area contributed by atoms with Gasteiger partial charge in [-0.1, -0.05) is 18.2 Å². The van der Waals surface area contributed by atoms with Crippen molar-refractivity contribution in [3.05, 3.63) is 35.4 Å². The second-order valence-electron chi connectivity index (χ2n) is 3.55. The van der Waals surface area contributed by atoms with Gasteiger partial charge in [-0.05, 0) is 11.6 Å². The Kier molecular flexibility index (Phi) is 4.51. The van der Waals surface area contributed by atoms with Gasteiger partial charge in [0.05, 0.1) is 5.56 Å². The van der Waals surface area contributed by atoms with Crippen LogP contribution in [0.25, 0.3) is 0 Å². The van der Waals surface area contributed by atoms with Gasteiger partial charge in [0, 0.05) is 19.5 Å². The van der Waals surface area contributed by atoms with E-state index < -0.39 is 17.6 Å². The normalized spacial score (nSPS) is 11.5. The molecule has 0 heterocycles. The lowest BCUT2D eigenvalue weighted by atomic mass is 10.1. The molecule has 3 nitrogen and oxygen atoms in total. The van der Waals surface area contributed by atoms with Gasteiger partial charge in [-0.25, -0.2) is 0 Å². The summed E-state index contributed by atoms with van der Waals surface area (Å²) in [4.78, 5) is 10.4. The molecule has 0 aliphatic heterocycles. The van der Waals surface area contributed by atoms with Crippen molar-refractivity contribution < 1.29 is 18.0 Å². The molecule has 1 aromatic carbocycles. The molecule has 3 N–H and O–H groups in total. The maximum absolute atomic E-state index is 12.6.